The van der Waals surface area contributed by atoms with Gasteiger partial charge in [-0.1, -0.05) is 30.3 Å². The second-order valence-corrected chi connectivity index (χ2v) is 8.82. The third-order valence-corrected chi connectivity index (χ3v) is 7.20. The summed E-state index contributed by atoms with van der Waals surface area (Å²) in [4.78, 5) is 26.9. The van der Waals surface area contributed by atoms with Gasteiger partial charge in [0.15, 0.2) is 0 Å². The highest BCUT2D eigenvalue weighted by Gasteiger charge is 2.64. The van der Waals surface area contributed by atoms with Crippen LogP contribution in [0.15, 0.2) is 42.6 Å². The van der Waals surface area contributed by atoms with Gasteiger partial charge in [-0.15, -0.1) is 0 Å². The van der Waals surface area contributed by atoms with E-state index in [0.29, 0.717) is 19.4 Å². The number of likely N-dealkylation sites (tertiary alicyclic amines) is 1. The molecule has 2 amide bonds. The number of benzene rings is 1. The van der Waals surface area contributed by atoms with E-state index in [9.17, 15) is 22.8 Å². The summed E-state index contributed by atoms with van der Waals surface area (Å²) in [5, 5.41) is 7.13. The van der Waals surface area contributed by atoms with Gasteiger partial charge in [-0.25, -0.2) is 0 Å². The van der Waals surface area contributed by atoms with E-state index < -0.39 is 23.1 Å². The van der Waals surface area contributed by atoms with E-state index in [4.69, 9.17) is 4.74 Å². The minimum absolute atomic E-state index is 0.0381. The van der Waals surface area contributed by atoms with Crippen molar-refractivity contribution in [2.45, 2.75) is 37.0 Å². The van der Waals surface area contributed by atoms with Gasteiger partial charge in [0.1, 0.15) is 0 Å². The van der Waals surface area contributed by atoms with E-state index in [1.165, 1.54) is 29.2 Å². The zero-order chi connectivity index (χ0) is 23.9. The number of nitrogens with one attached hydrogen (secondary N) is 1. The van der Waals surface area contributed by atoms with Crippen molar-refractivity contribution in [3.63, 3.8) is 0 Å². The molecule has 2 aliphatic heterocycles. The van der Waals surface area contributed by atoms with E-state index >= 15 is 0 Å². The van der Waals surface area contributed by atoms with Crippen LogP contribution in [-0.4, -0.2) is 59.4 Å². The number of aromatic nitrogens is 2. The average Bonchev–Trinajstić information content (AvgIpc) is 3.20. The van der Waals surface area contributed by atoms with Crippen molar-refractivity contribution in [2.75, 3.05) is 26.7 Å². The van der Waals surface area contributed by atoms with Crippen LogP contribution in [0.1, 0.15) is 36.4 Å². The molecule has 2 fully saturated rings. The molecule has 10 heteroatoms. The van der Waals surface area contributed by atoms with Gasteiger partial charge < -0.3 is 15.0 Å². The molecule has 0 aliphatic carbocycles. The molecule has 2 atom stereocenters. The molecule has 7 nitrogen and oxygen atoms in total. The van der Waals surface area contributed by atoms with Crippen LogP contribution in [-0.2, 0) is 27.0 Å². The van der Waals surface area contributed by atoms with Crippen molar-refractivity contribution in [2.24, 2.45) is 12.5 Å². The first-order valence-corrected chi connectivity index (χ1v) is 10.9. The lowest BCUT2D eigenvalue weighted by atomic mass is 9.63. The van der Waals surface area contributed by atoms with Crippen LogP contribution in [0.2, 0.25) is 0 Å². The van der Waals surface area contributed by atoms with Gasteiger partial charge in [0.25, 0.3) is 11.5 Å². The van der Waals surface area contributed by atoms with Crippen LogP contribution in [0.3, 0.4) is 0 Å². The zero-order valence-electron chi connectivity index (χ0n) is 18.6. The molecule has 2 aliphatic rings. The molecule has 2 aromatic rings. The van der Waals surface area contributed by atoms with Crippen LogP contribution in [0.25, 0.3) is 0 Å². The second-order valence-electron chi connectivity index (χ2n) is 8.82. The first kappa shape index (κ1) is 23.3. The lowest BCUT2D eigenvalue weighted by Crippen LogP contribution is -2.60. The Morgan fingerprint density at radius 2 is 1.85 bits per heavy atom. The maximum atomic E-state index is 14.3. The van der Waals surface area contributed by atoms with Crippen LogP contribution in [0.4, 0.5) is 13.2 Å². The summed E-state index contributed by atoms with van der Waals surface area (Å²) in [6.45, 7) is 0.643. The summed E-state index contributed by atoms with van der Waals surface area (Å²) < 4.78 is 49.7. The van der Waals surface area contributed by atoms with Gasteiger partial charge in [0.2, 0.25) is 5.91 Å². The first-order chi connectivity index (χ1) is 15.6. The van der Waals surface area contributed by atoms with Crippen LogP contribution in [0.5, 0.6) is 0 Å². The second kappa shape index (κ2) is 8.48. The van der Waals surface area contributed by atoms with Gasteiger partial charge in [0.05, 0.1) is 0 Å². The Kier molecular flexibility index (Phi) is 5.98. The van der Waals surface area contributed by atoms with E-state index in [2.05, 4.69) is 10.4 Å². The minimum atomic E-state index is -4.95. The van der Waals surface area contributed by atoms with E-state index in [-0.39, 0.29) is 36.9 Å². The Morgan fingerprint density at radius 3 is 2.39 bits per heavy atom. The third-order valence-electron chi connectivity index (χ3n) is 7.20. The topological polar surface area (TPSA) is 76.5 Å². The number of carbonyl (C=O) groups is 2. The van der Waals surface area contributed by atoms with Gasteiger partial charge in [-0.3, -0.25) is 14.3 Å². The molecule has 1 N–H and O–H groups in total. The summed E-state index contributed by atoms with van der Waals surface area (Å²) in [6.07, 6.45) is -2.17. The quantitative estimate of drug-likeness (QED) is 0.755. The number of ether oxygens (including phenoxy) is 1. The molecule has 0 radical (unpaired) electrons. The van der Waals surface area contributed by atoms with Crippen molar-refractivity contribution in [1.82, 2.24) is 20.0 Å². The fraction of sp³-hybridized carbons (Fsp3) is 0.522. The molecular weight excluding hydrogens is 437 g/mol. The predicted octanol–water partition coefficient (Wildman–Crippen LogP) is 2.74. The predicted molar refractivity (Wildman–Crippen MR) is 113 cm³/mol. The van der Waals surface area contributed by atoms with Crippen molar-refractivity contribution in [1.29, 1.82) is 0 Å². The van der Waals surface area contributed by atoms with Gasteiger partial charge in [0, 0.05) is 63.6 Å². The van der Waals surface area contributed by atoms with Crippen molar-refractivity contribution in [3.8, 4) is 0 Å². The molecule has 3 heterocycles. The largest absolute Gasteiger partial charge is 0.430 e. The molecular formula is C23H27F3N4O3. The van der Waals surface area contributed by atoms with Crippen LogP contribution in [0, 0.1) is 5.41 Å². The van der Waals surface area contributed by atoms with E-state index in [0.717, 1.165) is 12.8 Å². The van der Waals surface area contributed by atoms with E-state index in [1.54, 1.807) is 16.9 Å². The Balaban J connectivity index is 1.62. The summed E-state index contributed by atoms with van der Waals surface area (Å²) >= 11 is 0. The molecule has 1 spiro atoms. The smallest absolute Gasteiger partial charge is 0.356 e. The number of alkyl halides is 3. The Labute approximate surface area is 189 Å². The molecule has 0 bridgehead atoms. The van der Waals surface area contributed by atoms with Gasteiger partial charge >= 0.3 is 6.18 Å². The van der Waals surface area contributed by atoms with Gasteiger partial charge in [-0.2, -0.15) is 18.3 Å². The Bertz CT molecular complexity index is 1020. The number of piperidine rings is 2. The molecule has 4 rings (SSSR count). The summed E-state index contributed by atoms with van der Waals surface area (Å²) in [5.41, 5.74) is -2.83. The first-order valence-electron chi connectivity index (χ1n) is 10.9. The van der Waals surface area contributed by atoms with Gasteiger partial charge in [-0.05, 0) is 24.3 Å². The number of aryl methyl sites for hydroxylation is 1. The van der Waals surface area contributed by atoms with E-state index in [1.807, 2.05) is 13.1 Å². The van der Waals surface area contributed by atoms with Crippen molar-refractivity contribution < 1.29 is 27.5 Å². The van der Waals surface area contributed by atoms with Crippen LogP contribution >= 0.6 is 0 Å². The number of carbonyl (C=O) groups excluding carboxylic acids is 2. The molecule has 2 saturated heterocycles. The zero-order valence-corrected chi connectivity index (χ0v) is 18.6. The monoisotopic (exact) mass is 464 g/mol. The molecule has 178 valence electrons. The Morgan fingerprint density at radius 1 is 1.18 bits per heavy atom. The SMILES string of the molecule is CO[C@@](C(=O)N1CCC2(CC1)CC(=O)NCC2c1ccnn1C)(c1ccccc1)C(F)(F)F. The number of methoxy groups -OCH3 is 1. The highest BCUT2D eigenvalue weighted by Crippen LogP contribution is 2.50. The average molecular weight is 464 g/mol. The lowest BCUT2D eigenvalue weighted by molar-refractivity contribution is -0.271. The molecule has 33 heavy (non-hydrogen) atoms. The maximum Gasteiger partial charge on any atom is 0.430 e. The third kappa shape index (κ3) is 3.80. The molecule has 1 aromatic heterocycles. The number of nitrogens with zero attached hydrogens (tertiary/aromatic N) is 3. The van der Waals surface area contributed by atoms with Crippen molar-refractivity contribution >= 4 is 11.8 Å². The maximum absolute atomic E-state index is 14.3. The highest BCUT2D eigenvalue weighted by molar-refractivity contribution is 5.88. The summed E-state index contributed by atoms with van der Waals surface area (Å²) in [5.74, 6) is -1.25. The normalized spacial score (nSPS) is 22.6. The summed E-state index contributed by atoms with van der Waals surface area (Å²) in [7, 11) is 2.74. The summed E-state index contributed by atoms with van der Waals surface area (Å²) in [6, 6.07) is 8.89. The lowest BCUT2D eigenvalue weighted by Gasteiger charge is -2.49. The number of hydrogen-bond donors (Lipinski definition) is 1. The minimum Gasteiger partial charge on any atom is -0.356 e. The Hall–Kier alpha value is -2.88. The molecule has 1 unspecified atom stereocenters. The fourth-order valence-electron chi connectivity index (χ4n) is 5.39. The highest BCUT2D eigenvalue weighted by atomic mass is 19.4. The molecule has 0 saturated carbocycles. The fourth-order valence-corrected chi connectivity index (χ4v) is 5.39. The number of hydrogen-bond acceptors (Lipinski definition) is 4. The van der Waals surface area contributed by atoms with Crippen molar-refractivity contribution in [3.05, 3.63) is 53.9 Å². The number of rotatable bonds is 4. The number of amides is 2. The molecule has 1 aromatic carbocycles. The standard InChI is InChI=1S/C23H27F3N4O3/c1-29-18(8-11-28-29)17-15-27-19(31)14-21(17)9-12-30(13-10-21)20(32)22(33-2,23(24,25)26)16-6-4-3-5-7-16/h3-8,11,17H,9-10,12-15H2,1-2H3,(H,27,31)/t17?,22-/m1/s1. The number of halogens is 3. The van der Waals surface area contributed by atoms with Crippen LogP contribution < -0.4 is 5.32 Å².